The van der Waals surface area contributed by atoms with Gasteiger partial charge in [0, 0.05) is 56.1 Å². The number of nitrogens with two attached hydrogens (primary N) is 1. The first-order valence-corrected chi connectivity index (χ1v) is 11.7. The Hall–Kier alpha value is -3.60. The molecule has 1 fully saturated rings. The third kappa shape index (κ3) is 4.49. The monoisotopic (exact) mass is 438 g/mol. The van der Waals surface area contributed by atoms with Crippen LogP contribution < -0.4 is 10.6 Å². The summed E-state index contributed by atoms with van der Waals surface area (Å²) < 4.78 is 0. The Balaban J connectivity index is 1.34. The summed E-state index contributed by atoms with van der Waals surface area (Å²) in [5.74, 6) is 0.356. The number of carbonyl (C=O) groups excluding carboxylic acids is 1. The minimum atomic E-state index is 0.163. The standard InChI is InChI=1S/C28H30N4O/c1-20(33)31-16-18-32(19-17-31)24-13-9-22(10-14-24)28-25-4-2-3-5-26(25)30-27(28)15-8-21-6-11-23(29)12-7-21/h2-7,9-14,28H,8,15-19,29H2,1H3. The minimum absolute atomic E-state index is 0.163. The number of anilines is 2. The van der Waals surface area contributed by atoms with E-state index in [2.05, 4.69) is 65.6 Å². The summed E-state index contributed by atoms with van der Waals surface area (Å²) in [4.78, 5) is 20.9. The lowest BCUT2D eigenvalue weighted by Gasteiger charge is -2.35. The summed E-state index contributed by atoms with van der Waals surface area (Å²) in [5.41, 5.74) is 14.0. The van der Waals surface area contributed by atoms with Crippen molar-refractivity contribution >= 4 is 28.7 Å². The number of aryl methyl sites for hydroxylation is 1. The molecule has 5 heteroatoms. The molecule has 2 aliphatic rings. The molecule has 33 heavy (non-hydrogen) atoms. The molecule has 0 aromatic heterocycles. The van der Waals surface area contributed by atoms with E-state index in [1.165, 1.54) is 28.1 Å². The lowest BCUT2D eigenvalue weighted by molar-refractivity contribution is -0.129. The number of nitrogens with zero attached hydrogens (tertiary/aromatic N) is 3. The van der Waals surface area contributed by atoms with Gasteiger partial charge in [0.05, 0.1) is 5.69 Å². The highest BCUT2D eigenvalue weighted by molar-refractivity contribution is 6.00. The largest absolute Gasteiger partial charge is 0.399 e. The SMILES string of the molecule is CC(=O)N1CCN(c2ccc(C3C(CCc4ccc(N)cc4)=Nc4ccccc43)cc2)CC1. The van der Waals surface area contributed by atoms with Gasteiger partial charge in [-0.15, -0.1) is 0 Å². The van der Waals surface area contributed by atoms with Crippen molar-refractivity contribution in [3.05, 3.63) is 89.5 Å². The Kier molecular flexibility index (Phi) is 5.86. The fraction of sp³-hybridized carbons (Fsp3) is 0.286. The van der Waals surface area contributed by atoms with Crippen LogP contribution in [-0.4, -0.2) is 42.7 Å². The molecule has 5 rings (SSSR count). The minimum Gasteiger partial charge on any atom is -0.399 e. The van der Waals surface area contributed by atoms with Gasteiger partial charge >= 0.3 is 0 Å². The molecule has 3 aromatic rings. The van der Waals surface area contributed by atoms with E-state index in [0.29, 0.717) is 0 Å². The van der Waals surface area contributed by atoms with Crippen LogP contribution >= 0.6 is 0 Å². The van der Waals surface area contributed by atoms with Crippen LogP contribution in [0, 0.1) is 0 Å². The van der Waals surface area contributed by atoms with E-state index in [1.54, 1.807) is 6.92 Å². The average molecular weight is 439 g/mol. The molecule has 0 aliphatic carbocycles. The van der Waals surface area contributed by atoms with Crippen LogP contribution in [0.4, 0.5) is 17.1 Å². The van der Waals surface area contributed by atoms with E-state index in [1.807, 2.05) is 17.0 Å². The van der Waals surface area contributed by atoms with Gasteiger partial charge in [-0.3, -0.25) is 9.79 Å². The number of hydrogen-bond donors (Lipinski definition) is 1. The molecule has 0 saturated carbocycles. The van der Waals surface area contributed by atoms with Gasteiger partial charge in [0.25, 0.3) is 0 Å². The first kappa shape index (κ1) is 21.3. The first-order chi connectivity index (χ1) is 16.1. The second kappa shape index (κ2) is 9.10. The Labute approximate surface area is 195 Å². The Bertz CT molecular complexity index is 1160. The molecule has 1 amide bonds. The van der Waals surface area contributed by atoms with Crippen molar-refractivity contribution in [2.45, 2.75) is 25.7 Å². The lowest BCUT2D eigenvalue weighted by atomic mass is 9.86. The third-order valence-corrected chi connectivity index (χ3v) is 6.81. The van der Waals surface area contributed by atoms with E-state index in [9.17, 15) is 4.79 Å². The van der Waals surface area contributed by atoms with Gasteiger partial charge in [-0.25, -0.2) is 0 Å². The van der Waals surface area contributed by atoms with Crippen LogP contribution in [0.2, 0.25) is 0 Å². The zero-order chi connectivity index (χ0) is 22.8. The van der Waals surface area contributed by atoms with Crippen LogP contribution in [0.25, 0.3) is 0 Å². The molecule has 1 unspecified atom stereocenters. The number of benzene rings is 3. The van der Waals surface area contributed by atoms with E-state index in [4.69, 9.17) is 10.7 Å². The fourth-order valence-electron chi connectivity index (χ4n) is 4.92. The maximum atomic E-state index is 11.6. The maximum Gasteiger partial charge on any atom is 0.219 e. The zero-order valence-electron chi connectivity index (χ0n) is 19.1. The van der Waals surface area contributed by atoms with E-state index in [0.717, 1.165) is 50.4 Å². The normalized spacial score (nSPS) is 17.6. The summed E-state index contributed by atoms with van der Waals surface area (Å²) in [6.07, 6.45) is 1.86. The van der Waals surface area contributed by atoms with Crippen LogP contribution in [0.5, 0.6) is 0 Å². The van der Waals surface area contributed by atoms with E-state index >= 15 is 0 Å². The Morgan fingerprint density at radius 3 is 2.30 bits per heavy atom. The molecule has 0 spiro atoms. The highest BCUT2D eigenvalue weighted by Crippen LogP contribution is 2.41. The molecule has 5 nitrogen and oxygen atoms in total. The highest BCUT2D eigenvalue weighted by Gasteiger charge is 2.28. The summed E-state index contributed by atoms with van der Waals surface area (Å²) >= 11 is 0. The van der Waals surface area contributed by atoms with Gasteiger partial charge in [0.15, 0.2) is 0 Å². The molecule has 0 radical (unpaired) electrons. The van der Waals surface area contributed by atoms with Crippen LogP contribution in [0.1, 0.15) is 36.0 Å². The van der Waals surface area contributed by atoms with Crippen LogP contribution in [-0.2, 0) is 11.2 Å². The Morgan fingerprint density at radius 2 is 1.61 bits per heavy atom. The van der Waals surface area contributed by atoms with Crippen molar-refractivity contribution in [2.24, 2.45) is 4.99 Å². The van der Waals surface area contributed by atoms with Gasteiger partial charge in [-0.05, 0) is 59.9 Å². The summed E-state index contributed by atoms with van der Waals surface area (Å²) in [7, 11) is 0. The van der Waals surface area contributed by atoms with Crippen molar-refractivity contribution in [2.75, 3.05) is 36.8 Å². The Morgan fingerprint density at radius 1 is 0.909 bits per heavy atom. The second-order valence-electron chi connectivity index (χ2n) is 8.92. The van der Waals surface area contributed by atoms with Gasteiger partial charge in [-0.1, -0.05) is 42.5 Å². The van der Waals surface area contributed by atoms with Crippen molar-refractivity contribution in [3.8, 4) is 0 Å². The van der Waals surface area contributed by atoms with Crippen molar-refractivity contribution < 1.29 is 4.79 Å². The number of hydrogen-bond acceptors (Lipinski definition) is 4. The fourth-order valence-corrected chi connectivity index (χ4v) is 4.92. The number of nitrogen functional groups attached to an aromatic ring is 1. The van der Waals surface area contributed by atoms with Crippen molar-refractivity contribution in [1.29, 1.82) is 0 Å². The topological polar surface area (TPSA) is 61.9 Å². The predicted molar refractivity (Wildman–Crippen MR) is 135 cm³/mol. The number of rotatable bonds is 5. The first-order valence-electron chi connectivity index (χ1n) is 11.7. The number of fused-ring (bicyclic) bond motifs is 1. The average Bonchev–Trinajstić information content (AvgIpc) is 3.22. The molecule has 2 N–H and O–H groups in total. The number of amides is 1. The number of para-hydroxylation sites is 1. The maximum absolute atomic E-state index is 11.6. The molecule has 3 aromatic carbocycles. The van der Waals surface area contributed by atoms with E-state index < -0.39 is 0 Å². The second-order valence-corrected chi connectivity index (χ2v) is 8.92. The molecule has 168 valence electrons. The molecule has 1 atom stereocenters. The van der Waals surface area contributed by atoms with Crippen LogP contribution in [0.3, 0.4) is 0 Å². The number of aliphatic imine (C=N–C) groups is 1. The summed E-state index contributed by atoms with van der Waals surface area (Å²) in [6, 6.07) is 25.6. The number of carbonyl (C=O) groups is 1. The van der Waals surface area contributed by atoms with E-state index in [-0.39, 0.29) is 11.8 Å². The molecular formula is C28H30N4O. The summed E-state index contributed by atoms with van der Waals surface area (Å²) in [6.45, 7) is 4.97. The highest BCUT2D eigenvalue weighted by atomic mass is 16.2. The quantitative estimate of drug-likeness (QED) is 0.583. The van der Waals surface area contributed by atoms with Gasteiger partial charge in [0.2, 0.25) is 5.91 Å². The molecule has 2 heterocycles. The number of piperazine rings is 1. The molecule has 1 saturated heterocycles. The third-order valence-electron chi connectivity index (χ3n) is 6.81. The molecular weight excluding hydrogens is 408 g/mol. The van der Waals surface area contributed by atoms with Gasteiger partial charge in [0.1, 0.15) is 0 Å². The zero-order valence-corrected chi connectivity index (χ0v) is 19.1. The molecule has 2 aliphatic heterocycles. The lowest BCUT2D eigenvalue weighted by Crippen LogP contribution is -2.48. The van der Waals surface area contributed by atoms with Gasteiger partial charge < -0.3 is 15.5 Å². The smallest absolute Gasteiger partial charge is 0.219 e. The van der Waals surface area contributed by atoms with Crippen LogP contribution in [0.15, 0.2) is 77.8 Å². The van der Waals surface area contributed by atoms with Gasteiger partial charge in [-0.2, -0.15) is 0 Å². The van der Waals surface area contributed by atoms with Crippen molar-refractivity contribution in [1.82, 2.24) is 4.90 Å². The summed E-state index contributed by atoms with van der Waals surface area (Å²) in [5, 5.41) is 0. The van der Waals surface area contributed by atoms with Crippen molar-refractivity contribution in [3.63, 3.8) is 0 Å². The predicted octanol–water partition coefficient (Wildman–Crippen LogP) is 4.79. The molecule has 0 bridgehead atoms.